The zero-order valence-corrected chi connectivity index (χ0v) is 15.9. The van der Waals surface area contributed by atoms with Crippen LogP contribution in [0.2, 0.25) is 0 Å². The first-order chi connectivity index (χ1) is 12.2. The maximum absolute atomic E-state index is 12.2. The second kappa shape index (κ2) is 10.2. The smallest absolute Gasteiger partial charge is 0.238 e. The molecular weight excluding hydrogens is 350 g/mol. The molecule has 0 bridgehead atoms. The number of nitrogens with zero attached hydrogens (tertiary/aromatic N) is 2. The molecule has 3 rings (SSSR count). The van der Waals surface area contributed by atoms with Gasteiger partial charge in [0.25, 0.3) is 0 Å². The Labute approximate surface area is 161 Å². The van der Waals surface area contributed by atoms with Crippen molar-refractivity contribution >= 4 is 24.0 Å². The number of rotatable bonds is 6. The highest BCUT2D eigenvalue weighted by Crippen LogP contribution is 2.17. The summed E-state index contributed by atoms with van der Waals surface area (Å²) in [5.74, 6) is 0.823. The summed E-state index contributed by atoms with van der Waals surface area (Å²) >= 11 is 0. The van der Waals surface area contributed by atoms with Crippen molar-refractivity contribution in [2.24, 2.45) is 0 Å². The fourth-order valence-corrected chi connectivity index (χ4v) is 2.78. The summed E-state index contributed by atoms with van der Waals surface area (Å²) in [5.41, 5.74) is 1.93. The van der Waals surface area contributed by atoms with E-state index in [0.717, 1.165) is 43.2 Å². The summed E-state index contributed by atoms with van der Waals surface area (Å²) in [5, 5.41) is 2.95. The zero-order chi connectivity index (χ0) is 17.5. The van der Waals surface area contributed by atoms with Crippen molar-refractivity contribution < 1.29 is 9.53 Å². The van der Waals surface area contributed by atoms with Crippen LogP contribution in [0, 0.1) is 0 Å². The summed E-state index contributed by atoms with van der Waals surface area (Å²) in [7, 11) is 2.11. The number of piperazine rings is 1. The molecule has 1 saturated heterocycles. The maximum Gasteiger partial charge on any atom is 0.238 e. The third kappa shape index (κ3) is 6.33. The summed E-state index contributed by atoms with van der Waals surface area (Å²) < 4.78 is 5.76. The van der Waals surface area contributed by atoms with Gasteiger partial charge in [0.05, 0.1) is 6.54 Å². The highest BCUT2D eigenvalue weighted by atomic mass is 35.5. The molecule has 0 spiro atoms. The monoisotopic (exact) mass is 375 g/mol. The Kier molecular flexibility index (Phi) is 7.91. The Balaban J connectivity index is 0.00000243. The zero-order valence-electron chi connectivity index (χ0n) is 15.1. The molecule has 26 heavy (non-hydrogen) atoms. The lowest BCUT2D eigenvalue weighted by Gasteiger charge is -2.31. The predicted molar refractivity (Wildman–Crippen MR) is 107 cm³/mol. The first kappa shape index (κ1) is 20.2. The fourth-order valence-electron chi connectivity index (χ4n) is 2.78. The molecule has 140 valence electrons. The van der Waals surface area contributed by atoms with Crippen molar-refractivity contribution in [2.75, 3.05) is 45.1 Å². The number of benzene rings is 2. The highest BCUT2D eigenvalue weighted by molar-refractivity contribution is 5.92. The van der Waals surface area contributed by atoms with E-state index in [0.29, 0.717) is 13.2 Å². The van der Waals surface area contributed by atoms with E-state index in [2.05, 4.69) is 22.2 Å². The van der Waals surface area contributed by atoms with Crippen LogP contribution in [0.5, 0.6) is 5.75 Å². The lowest BCUT2D eigenvalue weighted by Crippen LogP contribution is -2.47. The largest absolute Gasteiger partial charge is 0.489 e. The Morgan fingerprint density at radius 2 is 1.65 bits per heavy atom. The van der Waals surface area contributed by atoms with Gasteiger partial charge in [-0.25, -0.2) is 0 Å². The van der Waals surface area contributed by atoms with Crippen LogP contribution in [0.25, 0.3) is 0 Å². The third-order valence-corrected chi connectivity index (χ3v) is 4.35. The van der Waals surface area contributed by atoms with Crippen molar-refractivity contribution in [3.8, 4) is 5.75 Å². The van der Waals surface area contributed by atoms with Gasteiger partial charge in [0.15, 0.2) is 0 Å². The van der Waals surface area contributed by atoms with Crippen LogP contribution in [0.1, 0.15) is 5.56 Å². The van der Waals surface area contributed by atoms with Gasteiger partial charge in [0.2, 0.25) is 5.91 Å². The Hall–Kier alpha value is -2.08. The first-order valence-corrected chi connectivity index (χ1v) is 8.66. The number of amides is 1. The molecule has 1 aliphatic rings. The van der Waals surface area contributed by atoms with Crippen LogP contribution < -0.4 is 10.1 Å². The molecule has 1 aliphatic heterocycles. The van der Waals surface area contributed by atoms with Gasteiger partial charge in [-0.1, -0.05) is 30.3 Å². The van der Waals surface area contributed by atoms with Crippen LogP contribution in [-0.4, -0.2) is 55.5 Å². The van der Waals surface area contributed by atoms with E-state index in [1.54, 1.807) is 0 Å². The van der Waals surface area contributed by atoms with Gasteiger partial charge in [-0.05, 0) is 36.9 Å². The number of nitrogens with one attached hydrogen (secondary N) is 1. The van der Waals surface area contributed by atoms with E-state index in [9.17, 15) is 4.79 Å². The van der Waals surface area contributed by atoms with Gasteiger partial charge in [-0.15, -0.1) is 12.4 Å². The maximum atomic E-state index is 12.2. The predicted octanol–water partition coefficient (Wildman–Crippen LogP) is 2.87. The number of halogens is 1. The Morgan fingerprint density at radius 1 is 1.00 bits per heavy atom. The minimum Gasteiger partial charge on any atom is -0.489 e. The second-order valence-electron chi connectivity index (χ2n) is 6.43. The normalized spacial score (nSPS) is 15.1. The number of carbonyl (C=O) groups is 1. The first-order valence-electron chi connectivity index (χ1n) is 8.66. The number of carbonyl (C=O) groups excluding carboxylic acids is 1. The summed E-state index contributed by atoms with van der Waals surface area (Å²) in [6, 6.07) is 17.6. The molecule has 2 aromatic rings. The molecule has 5 nitrogen and oxygen atoms in total. The van der Waals surface area contributed by atoms with Crippen molar-refractivity contribution in [3.05, 3.63) is 60.2 Å². The quantitative estimate of drug-likeness (QED) is 0.843. The van der Waals surface area contributed by atoms with Crippen molar-refractivity contribution in [1.29, 1.82) is 0 Å². The topological polar surface area (TPSA) is 44.8 Å². The van der Waals surface area contributed by atoms with E-state index in [4.69, 9.17) is 4.74 Å². The summed E-state index contributed by atoms with van der Waals surface area (Å²) in [6.45, 7) is 4.89. The molecule has 0 aliphatic carbocycles. The Morgan fingerprint density at radius 3 is 2.31 bits per heavy atom. The molecule has 0 saturated carbocycles. The van der Waals surface area contributed by atoms with Crippen LogP contribution in [-0.2, 0) is 11.4 Å². The molecular formula is C20H26ClN3O2. The molecule has 6 heteroatoms. The average molecular weight is 376 g/mol. The van der Waals surface area contributed by atoms with Gasteiger partial charge < -0.3 is 15.0 Å². The van der Waals surface area contributed by atoms with Gasteiger partial charge >= 0.3 is 0 Å². The molecule has 1 amide bonds. The molecule has 1 heterocycles. The van der Waals surface area contributed by atoms with Crippen molar-refractivity contribution in [3.63, 3.8) is 0 Å². The molecule has 1 fully saturated rings. The molecule has 2 aromatic carbocycles. The van der Waals surface area contributed by atoms with Gasteiger partial charge in [-0.2, -0.15) is 0 Å². The van der Waals surface area contributed by atoms with Crippen LogP contribution in [0.3, 0.4) is 0 Å². The number of ether oxygens (including phenoxy) is 1. The van der Waals surface area contributed by atoms with Crippen molar-refractivity contribution in [2.45, 2.75) is 6.61 Å². The number of anilines is 1. The summed E-state index contributed by atoms with van der Waals surface area (Å²) in [6.07, 6.45) is 0. The van der Waals surface area contributed by atoms with E-state index in [1.807, 2.05) is 54.6 Å². The minimum absolute atomic E-state index is 0. The lowest BCUT2D eigenvalue weighted by atomic mass is 10.2. The van der Waals surface area contributed by atoms with Gasteiger partial charge in [0, 0.05) is 31.9 Å². The highest BCUT2D eigenvalue weighted by Gasteiger charge is 2.16. The number of hydrogen-bond donors (Lipinski definition) is 1. The van der Waals surface area contributed by atoms with Gasteiger partial charge in [-0.3, -0.25) is 9.69 Å². The molecule has 0 radical (unpaired) electrons. The number of likely N-dealkylation sites (N-methyl/N-ethyl adjacent to an activating group) is 1. The third-order valence-electron chi connectivity index (χ3n) is 4.35. The SMILES string of the molecule is CN1CCN(CC(=O)Nc2ccc(OCc3ccccc3)cc2)CC1.Cl. The second-order valence-corrected chi connectivity index (χ2v) is 6.43. The van der Waals surface area contributed by atoms with E-state index >= 15 is 0 Å². The van der Waals surface area contributed by atoms with Crippen LogP contribution in [0.15, 0.2) is 54.6 Å². The minimum atomic E-state index is 0. The molecule has 0 atom stereocenters. The van der Waals surface area contributed by atoms with E-state index in [-0.39, 0.29) is 18.3 Å². The molecule has 1 N–H and O–H groups in total. The fraction of sp³-hybridized carbons (Fsp3) is 0.350. The Bertz CT molecular complexity index is 671. The van der Waals surface area contributed by atoms with Crippen LogP contribution in [0.4, 0.5) is 5.69 Å². The molecule has 0 aromatic heterocycles. The van der Waals surface area contributed by atoms with E-state index < -0.39 is 0 Å². The standard InChI is InChI=1S/C20H25N3O2.ClH/c1-22-11-13-23(14-12-22)15-20(24)21-18-7-9-19(10-8-18)25-16-17-5-3-2-4-6-17;/h2-10H,11-16H2,1H3,(H,21,24);1H. The van der Waals surface area contributed by atoms with Crippen LogP contribution >= 0.6 is 12.4 Å². The van der Waals surface area contributed by atoms with E-state index in [1.165, 1.54) is 0 Å². The van der Waals surface area contributed by atoms with Crippen molar-refractivity contribution in [1.82, 2.24) is 9.80 Å². The average Bonchev–Trinajstić information content (AvgIpc) is 2.64. The lowest BCUT2D eigenvalue weighted by molar-refractivity contribution is -0.117. The summed E-state index contributed by atoms with van der Waals surface area (Å²) in [4.78, 5) is 16.6. The molecule has 0 unspecified atom stereocenters. The van der Waals surface area contributed by atoms with Gasteiger partial charge in [0.1, 0.15) is 12.4 Å². The number of hydrogen-bond acceptors (Lipinski definition) is 4.